The van der Waals surface area contributed by atoms with Crippen LogP contribution >= 0.6 is 0 Å². The number of hydrogen-bond acceptors (Lipinski definition) is 3. The van der Waals surface area contributed by atoms with Gasteiger partial charge in [0.25, 0.3) is 0 Å². The molecule has 0 spiro atoms. The van der Waals surface area contributed by atoms with E-state index in [2.05, 4.69) is 44.1 Å². The molecule has 0 atom stereocenters. The fraction of sp³-hybridized carbons (Fsp3) is 1.00. The second-order valence-electron chi connectivity index (χ2n) is 5.90. The van der Waals surface area contributed by atoms with Crippen molar-refractivity contribution in [3.05, 3.63) is 0 Å². The van der Waals surface area contributed by atoms with Crippen LogP contribution in [0.3, 0.4) is 0 Å². The lowest BCUT2D eigenvalue weighted by Gasteiger charge is -2.38. The molecule has 1 rings (SSSR count). The lowest BCUT2D eigenvalue weighted by molar-refractivity contribution is 0.102. The molecule has 0 amide bonds. The topological polar surface area (TPSA) is 24.5 Å². The Balaban J connectivity index is 2.35. The summed E-state index contributed by atoms with van der Waals surface area (Å²) in [6.45, 7) is 16.7. The Labute approximate surface area is 95.3 Å². The van der Waals surface area contributed by atoms with Crippen molar-refractivity contribution in [1.82, 2.24) is 10.2 Å². The van der Waals surface area contributed by atoms with E-state index in [0.717, 1.165) is 32.9 Å². The summed E-state index contributed by atoms with van der Waals surface area (Å²) in [6, 6.07) is 0. The second kappa shape index (κ2) is 4.95. The number of nitrogens with one attached hydrogen (secondary N) is 1. The Morgan fingerprint density at radius 3 is 2.20 bits per heavy atom. The van der Waals surface area contributed by atoms with Gasteiger partial charge in [-0.25, -0.2) is 0 Å². The zero-order valence-corrected chi connectivity index (χ0v) is 11.9. The van der Waals surface area contributed by atoms with Gasteiger partial charge in [0, 0.05) is 26.2 Å². The summed E-state index contributed by atoms with van der Waals surface area (Å²) in [6.07, 6.45) is 0. The number of piperazine rings is 1. The fourth-order valence-corrected chi connectivity index (χ4v) is 2.25. The maximum atomic E-state index is 6.17. The minimum Gasteiger partial charge on any atom is -0.404 e. The average molecular weight is 230 g/mol. The molecule has 3 nitrogen and oxygen atoms in total. The predicted octanol–water partition coefficient (Wildman–Crippen LogP) is 1.87. The third-order valence-corrected chi connectivity index (χ3v) is 8.09. The molecule has 0 bridgehead atoms. The molecular formula is C11H26N2OSi. The molecule has 0 unspecified atom stereocenters. The molecule has 1 heterocycles. The van der Waals surface area contributed by atoms with Crippen molar-refractivity contribution in [1.29, 1.82) is 0 Å². The number of hydrogen-bond donors (Lipinski definition) is 1. The zero-order chi connectivity index (χ0) is 11.5. The van der Waals surface area contributed by atoms with Crippen LogP contribution < -0.4 is 5.32 Å². The molecule has 0 aromatic carbocycles. The normalized spacial score (nSPS) is 20.6. The van der Waals surface area contributed by atoms with Crippen molar-refractivity contribution in [2.75, 3.05) is 32.9 Å². The van der Waals surface area contributed by atoms with Gasteiger partial charge in [-0.15, -0.1) is 0 Å². The largest absolute Gasteiger partial charge is 0.404 e. The molecule has 0 saturated carbocycles. The Kier molecular flexibility index (Phi) is 4.35. The van der Waals surface area contributed by atoms with Crippen LogP contribution in [0.4, 0.5) is 0 Å². The maximum absolute atomic E-state index is 6.17. The minimum atomic E-state index is -1.55. The van der Waals surface area contributed by atoms with Gasteiger partial charge in [0.15, 0.2) is 8.32 Å². The molecule has 1 fully saturated rings. The highest BCUT2D eigenvalue weighted by Crippen LogP contribution is 2.36. The molecule has 1 aliphatic rings. The van der Waals surface area contributed by atoms with Gasteiger partial charge in [-0.05, 0) is 18.1 Å². The van der Waals surface area contributed by atoms with E-state index in [9.17, 15) is 0 Å². The van der Waals surface area contributed by atoms with Crippen LogP contribution in [0, 0.1) is 0 Å². The Bertz CT molecular complexity index is 195. The van der Waals surface area contributed by atoms with E-state index < -0.39 is 8.32 Å². The third-order valence-electron chi connectivity index (χ3n) is 3.62. The highest BCUT2D eigenvalue weighted by molar-refractivity contribution is 6.74. The quantitative estimate of drug-likeness (QED) is 0.749. The van der Waals surface area contributed by atoms with Crippen LogP contribution in [-0.4, -0.2) is 46.1 Å². The molecule has 1 aliphatic heterocycles. The van der Waals surface area contributed by atoms with Gasteiger partial charge in [0.1, 0.15) is 0 Å². The first-order valence-corrected chi connectivity index (χ1v) is 8.81. The first-order valence-electron chi connectivity index (χ1n) is 5.90. The van der Waals surface area contributed by atoms with Crippen LogP contribution in [0.25, 0.3) is 0 Å². The first kappa shape index (κ1) is 13.2. The standard InChI is InChI=1S/C11H26N2OSi/c1-11(2,3)15(4,5)14-10-13-8-6-12-7-9-13/h12H,6-10H2,1-5H3. The van der Waals surface area contributed by atoms with Crippen molar-refractivity contribution >= 4 is 8.32 Å². The average Bonchev–Trinajstić information content (AvgIpc) is 2.15. The molecule has 1 N–H and O–H groups in total. The van der Waals surface area contributed by atoms with E-state index in [1.54, 1.807) is 0 Å². The maximum Gasteiger partial charge on any atom is 0.193 e. The lowest BCUT2D eigenvalue weighted by Crippen LogP contribution is -2.49. The Hall–Kier alpha value is 0.0969. The van der Waals surface area contributed by atoms with Gasteiger partial charge in [0.2, 0.25) is 0 Å². The Morgan fingerprint density at radius 2 is 1.73 bits per heavy atom. The highest BCUT2D eigenvalue weighted by Gasteiger charge is 2.37. The summed E-state index contributed by atoms with van der Waals surface area (Å²) >= 11 is 0. The van der Waals surface area contributed by atoms with E-state index in [-0.39, 0.29) is 0 Å². The smallest absolute Gasteiger partial charge is 0.193 e. The molecule has 1 saturated heterocycles. The van der Waals surface area contributed by atoms with E-state index in [1.165, 1.54) is 0 Å². The van der Waals surface area contributed by atoms with Crippen molar-refractivity contribution in [2.24, 2.45) is 0 Å². The summed E-state index contributed by atoms with van der Waals surface area (Å²) in [4.78, 5) is 2.40. The van der Waals surface area contributed by atoms with E-state index in [4.69, 9.17) is 4.43 Å². The van der Waals surface area contributed by atoms with Gasteiger partial charge in [-0.2, -0.15) is 0 Å². The SMILES string of the molecule is CC(C)(C)[Si](C)(C)OCN1CCNCC1. The molecule has 15 heavy (non-hydrogen) atoms. The number of nitrogens with zero attached hydrogens (tertiary/aromatic N) is 1. The van der Waals surface area contributed by atoms with Crippen LogP contribution in [0.15, 0.2) is 0 Å². The molecule has 4 heteroatoms. The van der Waals surface area contributed by atoms with Gasteiger partial charge < -0.3 is 9.74 Å². The van der Waals surface area contributed by atoms with Crippen LogP contribution in [-0.2, 0) is 4.43 Å². The van der Waals surface area contributed by atoms with Crippen molar-refractivity contribution < 1.29 is 4.43 Å². The second-order valence-corrected chi connectivity index (χ2v) is 10.7. The molecular weight excluding hydrogens is 204 g/mol. The summed E-state index contributed by atoms with van der Waals surface area (Å²) in [7, 11) is -1.55. The monoisotopic (exact) mass is 230 g/mol. The minimum absolute atomic E-state index is 0.320. The zero-order valence-electron chi connectivity index (χ0n) is 10.9. The molecule has 0 radical (unpaired) electrons. The summed E-state index contributed by atoms with van der Waals surface area (Å²) in [5.74, 6) is 0. The summed E-state index contributed by atoms with van der Waals surface area (Å²) < 4.78 is 6.17. The number of rotatable bonds is 3. The Morgan fingerprint density at radius 1 is 1.20 bits per heavy atom. The molecule has 0 aromatic heterocycles. The van der Waals surface area contributed by atoms with E-state index in [0.29, 0.717) is 5.04 Å². The molecule has 0 aromatic rings. The van der Waals surface area contributed by atoms with Crippen LogP contribution in [0.2, 0.25) is 18.1 Å². The predicted molar refractivity (Wildman–Crippen MR) is 67.6 cm³/mol. The van der Waals surface area contributed by atoms with Crippen LogP contribution in [0.5, 0.6) is 0 Å². The van der Waals surface area contributed by atoms with Crippen molar-refractivity contribution in [2.45, 2.75) is 38.9 Å². The third kappa shape index (κ3) is 3.87. The summed E-state index contributed by atoms with van der Waals surface area (Å²) in [5.41, 5.74) is 0. The van der Waals surface area contributed by atoms with Gasteiger partial charge in [-0.1, -0.05) is 20.8 Å². The van der Waals surface area contributed by atoms with E-state index >= 15 is 0 Å². The fourth-order valence-electron chi connectivity index (χ4n) is 1.31. The van der Waals surface area contributed by atoms with Gasteiger partial charge >= 0.3 is 0 Å². The molecule has 0 aliphatic carbocycles. The van der Waals surface area contributed by atoms with Gasteiger partial charge in [-0.3, -0.25) is 4.90 Å². The van der Waals surface area contributed by atoms with Crippen molar-refractivity contribution in [3.63, 3.8) is 0 Å². The summed E-state index contributed by atoms with van der Waals surface area (Å²) in [5, 5.41) is 3.68. The first-order chi connectivity index (χ1) is 6.83. The highest BCUT2D eigenvalue weighted by atomic mass is 28.4. The lowest BCUT2D eigenvalue weighted by atomic mass is 10.2. The van der Waals surface area contributed by atoms with Gasteiger partial charge in [0.05, 0.1) is 6.73 Å². The van der Waals surface area contributed by atoms with Crippen molar-refractivity contribution in [3.8, 4) is 0 Å². The van der Waals surface area contributed by atoms with Crippen LogP contribution in [0.1, 0.15) is 20.8 Å². The molecule has 90 valence electrons. The van der Waals surface area contributed by atoms with E-state index in [1.807, 2.05) is 0 Å².